The Balaban J connectivity index is 1.48. The first-order valence-corrected chi connectivity index (χ1v) is 10.3. The fourth-order valence-electron chi connectivity index (χ4n) is 3.99. The molecule has 1 aliphatic rings. The van der Waals surface area contributed by atoms with Gasteiger partial charge in [0, 0.05) is 30.7 Å². The lowest BCUT2D eigenvalue weighted by Gasteiger charge is -2.38. The fourth-order valence-corrected chi connectivity index (χ4v) is 3.99. The predicted molar refractivity (Wildman–Crippen MR) is 118 cm³/mol. The lowest BCUT2D eigenvalue weighted by Crippen LogP contribution is -2.44. The van der Waals surface area contributed by atoms with Crippen molar-refractivity contribution in [2.24, 2.45) is 0 Å². The topological polar surface area (TPSA) is 85.5 Å². The van der Waals surface area contributed by atoms with Gasteiger partial charge in [-0.2, -0.15) is 5.10 Å². The zero-order valence-electron chi connectivity index (χ0n) is 17.8. The van der Waals surface area contributed by atoms with Crippen molar-refractivity contribution in [2.75, 3.05) is 34.0 Å². The lowest BCUT2D eigenvalue weighted by atomic mass is 9.74. The van der Waals surface area contributed by atoms with Crippen molar-refractivity contribution in [1.82, 2.24) is 15.5 Å². The summed E-state index contributed by atoms with van der Waals surface area (Å²) in [6.07, 6.45) is 1.69. The minimum absolute atomic E-state index is 0.171. The number of rotatable bonds is 7. The summed E-state index contributed by atoms with van der Waals surface area (Å²) < 4.78 is 16.1. The van der Waals surface area contributed by atoms with E-state index in [1.807, 2.05) is 36.4 Å². The Morgan fingerprint density at radius 2 is 1.81 bits per heavy atom. The average Bonchev–Trinajstić information content (AvgIpc) is 3.34. The fraction of sp³-hybridized carbons (Fsp3) is 0.333. The number of carbonyl (C=O) groups excluding carboxylic acids is 1. The SMILES string of the molecule is COc1ccc(C2(CNC(=O)c3cc(-c4cccc(OC)c4)n[nH]3)CCOCC2)cc1. The van der Waals surface area contributed by atoms with Crippen molar-refractivity contribution >= 4 is 5.91 Å². The van der Waals surface area contributed by atoms with Crippen LogP contribution in [0.25, 0.3) is 11.3 Å². The standard InChI is InChI=1S/C24H27N3O4/c1-29-19-8-6-18(7-9-19)24(10-12-31-13-11-24)16-25-23(28)22-15-21(26-27-22)17-4-3-5-20(14-17)30-2/h3-9,14-15H,10-13,16H2,1-2H3,(H,25,28)(H,26,27). The van der Waals surface area contributed by atoms with Crippen molar-refractivity contribution in [3.63, 3.8) is 0 Å². The van der Waals surface area contributed by atoms with E-state index in [-0.39, 0.29) is 11.3 Å². The van der Waals surface area contributed by atoms with E-state index in [9.17, 15) is 4.79 Å². The number of hydrogen-bond donors (Lipinski definition) is 2. The van der Waals surface area contributed by atoms with E-state index in [0.29, 0.717) is 31.1 Å². The molecule has 7 heteroatoms. The van der Waals surface area contributed by atoms with Crippen molar-refractivity contribution in [3.8, 4) is 22.8 Å². The summed E-state index contributed by atoms with van der Waals surface area (Å²) in [6.45, 7) is 1.87. The van der Waals surface area contributed by atoms with Crippen LogP contribution in [0.4, 0.5) is 0 Å². The first-order valence-electron chi connectivity index (χ1n) is 10.3. The van der Waals surface area contributed by atoms with Gasteiger partial charge in [0.1, 0.15) is 17.2 Å². The molecule has 0 bridgehead atoms. The highest BCUT2D eigenvalue weighted by molar-refractivity contribution is 5.93. The van der Waals surface area contributed by atoms with Gasteiger partial charge >= 0.3 is 0 Å². The van der Waals surface area contributed by atoms with E-state index in [1.165, 1.54) is 5.56 Å². The summed E-state index contributed by atoms with van der Waals surface area (Å²) in [4.78, 5) is 12.9. The molecule has 1 aliphatic heterocycles. The van der Waals surface area contributed by atoms with Crippen molar-refractivity contribution < 1.29 is 19.0 Å². The predicted octanol–water partition coefficient (Wildman–Crippen LogP) is 3.57. The van der Waals surface area contributed by atoms with Crippen LogP contribution in [0.2, 0.25) is 0 Å². The summed E-state index contributed by atoms with van der Waals surface area (Å²) in [5.41, 5.74) is 3.01. The van der Waals surface area contributed by atoms with Crippen LogP contribution in [0.5, 0.6) is 11.5 Å². The van der Waals surface area contributed by atoms with E-state index in [1.54, 1.807) is 20.3 Å². The van der Waals surface area contributed by atoms with Crippen LogP contribution in [-0.2, 0) is 10.2 Å². The first-order chi connectivity index (χ1) is 15.1. The molecule has 0 atom stereocenters. The molecule has 0 spiro atoms. The average molecular weight is 421 g/mol. The molecule has 4 rings (SSSR count). The second-order valence-electron chi connectivity index (χ2n) is 7.70. The van der Waals surface area contributed by atoms with Crippen LogP contribution in [0.15, 0.2) is 54.6 Å². The second-order valence-corrected chi connectivity index (χ2v) is 7.70. The number of benzene rings is 2. The number of H-pyrrole nitrogens is 1. The smallest absolute Gasteiger partial charge is 0.269 e. The van der Waals surface area contributed by atoms with Gasteiger partial charge in [0.05, 0.1) is 19.9 Å². The molecule has 2 N–H and O–H groups in total. The minimum atomic E-state index is -0.180. The van der Waals surface area contributed by atoms with E-state index < -0.39 is 0 Å². The molecular weight excluding hydrogens is 394 g/mol. The van der Waals surface area contributed by atoms with Crippen LogP contribution in [0.1, 0.15) is 28.9 Å². The maximum absolute atomic E-state index is 12.9. The monoisotopic (exact) mass is 421 g/mol. The van der Waals surface area contributed by atoms with Gasteiger partial charge in [-0.3, -0.25) is 9.89 Å². The molecule has 0 saturated carbocycles. The molecule has 2 heterocycles. The normalized spacial score (nSPS) is 15.3. The molecule has 0 unspecified atom stereocenters. The van der Waals surface area contributed by atoms with E-state index in [2.05, 4.69) is 27.6 Å². The zero-order chi connectivity index (χ0) is 21.7. The zero-order valence-corrected chi connectivity index (χ0v) is 17.8. The molecular formula is C24H27N3O4. The summed E-state index contributed by atoms with van der Waals surface area (Å²) in [5, 5.41) is 10.3. The summed E-state index contributed by atoms with van der Waals surface area (Å²) in [5.74, 6) is 1.38. The summed E-state index contributed by atoms with van der Waals surface area (Å²) in [7, 11) is 3.28. The number of carbonyl (C=O) groups is 1. The Kier molecular flexibility index (Phi) is 6.23. The van der Waals surface area contributed by atoms with Crippen LogP contribution >= 0.6 is 0 Å². The maximum atomic E-state index is 12.9. The number of nitrogens with zero attached hydrogens (tertiary/aromatic N) is 1. The third-order valence-electron chi connectivity index (χ3n) is 5.93. The molecule has 2 aromatic carbocycles. The molecule has 1 amide bonds. The Morgan fingerprint density at radius 1 is 1.06 bits per heavy atom. The quantitative estimate of drug-likeness (QED) is 0.609. The maximum Gasteiger partial charge on any atom is 0.269 e. The highest BCUT2D eigenvalue weighted by atomic mass is 16.5. The molecule has 0 radical (unpaired) electrons. The Labute approximate surface area is 181 Å². The first kappa shape index (κ1) is 20.9. The number of nitrogens with one attached hydrogen (secondary N) is 2. The van der Waals surface area contributed by atoms with Crippen LogP contribution in [0.3, 0.4) is 0 Å². The van der Waals surface area contributed by atoms with Crippen molar-refractivity contribution in [1.29, 1.82) is 0 Å². The largest absolute Gasteiger partial charge is 0.497 e. The lowest BCUT2D eigenvalue weighted by molar-refractivity contribution is 0.0486. The molecule has 1 saturated heterocycles. The Bertz CT molecular complexity index is 1020. The Hall–Kier alpha value is -3.32. The van der Waals surface area contributed by atoms with Gasteiger partial charge in [0.25, 0.3) is 5.91 Å². The van der Waals surface area contributed by atoms with Gasteiger partial charge in [-0.15, -0.1) is 0 Å². The Morgan fingerprint density at radius 3 is 2.52 bits per heavy atom. The number of aromatic amines is 1. The highest BCUT2D eigenvalue weighted by Crippen LogP contribution is 2.35. The van der Waals surface area contributed by atoms with E-state index >= 15 is 0 Å². The van der Waals surface area contributed by atoms with E-state index in [0.717, 1.165) is 29.9 Å². The summed E-state index contributed by atoms with van der Waals surface area (Å²) >= 11 is 0. The van der Waals surface area contributed by atoms with Gasteiger partial charge in [0.2, 0.25) is 0 Å². The van der Waals surface area contributed by atoms with Crippen LogP contribution in [0, 0.1) is 0 Å². The molecule has 1 fully saturated rings. The number of ether oxygens (including phenoxy) is 3. The third-order valence-corrected chi connectivity index (χ3v) is 5.93. The molecule has 1 aromatic heterocycles. The number of amides is 1. The van der Waals surface area contributed by atoms with Gasteiger partial charge in [0.15, 0.2) is 0 Å². The molecule has 0 aliphatic carbocycles. The van der Waals surface area contributed by atoms with Crippen molar-refractivity contribution in [2.45, 2.75) is 18.3 Å². The molecule has 7 nitrogen and oxygen atoms in total. The van der Waals surface area contributed by atoms with Gasteiger partial charge in [-0.05, 0) is 48.7 Å². The summed E-state index contributed by atoms with van der Waals surface area (Å²) in [6, 6.07) is 17.4. The number of aromatic nitrogens is 2. The second kappa shape index (κ2) is 9.22. The molecule has 3 aromatic rings. The van der Waals surface area contributed by atoms with Crippen molar-refractivity contribution in [3.05, 3.63) is 65.9 Å². The number of methoxy groups -OCH3 is 2. The number of hydrogen-bond acceptors (Lipinski definition) is 5. The van der Waals surface area contributed by atoms with Gasteiger partial charge in [-0.25, -0.2) is 0 Å². The molecule has 162 valence electrons. The van der Waals surface area contributed by atoms with Crippen LogP contribution < -0.4 is 14.8 Å². The van der Waals surface area contributed by atoms with E-state index in [4.69, 9.17) is 14.2 Å². The van der Waals surface area contributed by atoms with Crippen LogP contribution in [-0.4, -0.2) is 50.1 Å². The molecule has 31 heavy (non-hydrogen) atoms. The third kappa shape index (κ3) is 4.56. The minimum Gasteiger partial charge on any atom is -0.497 e. The highest BCUT2D eigenvalue weighted by Gasteiger charge is 2.35. The van der Waals surface area contributed by atoms with Gasteiger partial charge < -0.3 is 19.5 Å². The van der Waals surface area contributed by atoms with Gasteiger partial charge in [-0.1, -0.05) is 24.3 Å².